The van der Waals surface area contributed by atoms with Gasteiger partial charge in [-0.15, -0.1) is 0 Å². The lowest BCUT2D eigenvalue weighted by Gasteiger charge is -2.31. The van der Waals surface area contributed by atoms with Crippen LogP contribution in [-0.2, 0) is 25.5 Å². The van der Waals surface area contributed by atoms with Gasteiger partial charge in [-0.3, -0.25) is 14.6 Å². The van der Waals surface area contributed by atoms with Crippen molar-refractivity contribution in [3.63, 3.8) is 0 Å². The van der Waals surface area contributed by atoms with E-state index in [0.717, 1.165) is 34.1 Å². The Morgan fingerprint density at radius 2 is 1.61 bits per heavy atom. The van der Waals surface area contributed by atoms with Crippen molar-refractivity contribution in [1.82, 2.24) is 4.31 Å². The summed E-state index contributed by atoms with van der Waals surface area (Å²) in [5.74, 6) is -0.528. The number of benzene rings is 2. The SMILES string of the molecule is CC(C)CN(C[C@@H](OP(=O)(O)O)[C@@H](C)Cc1ccccc1)S(=O)(=O)c1ccc([N+](=O)[O-])cc1. The van der Waals surface area contributed by atoms with Gasteiger partial charge in [-0.05, 0) is 36.0 Å². The summed E-state index contributed by atoms with van der Waals surface area (Å²) in [5, 5.41) is 10.9. The minimum Gasteiger partial charge on any atom is -0.303 e. The number of sulfonamides is 1. The number of hydrogen-bond acceptors (Lipinski definition) is 6. The van der Waals surface area contributed by atoms with Crippen LogP contribution in [0.4, 0.5) is 5.69 Å². The second-order valence-corrected chi connectivity index (χ2v) is 11.4. The summed E-state index contributed by atoms with van der Waals surface area (Å²) in [4.78, 5) is 29.0. The van der Waals surface area contributed by atoms with Crippen LogP contribution in [0.3, 0.4) is 0 Å². The van der Waals surface area contributed by atoms with Crippen LogP contribution in [0.25, 0.3) is 0 Å². The molecule has 0 heterocycles. The van der Waals surface area contributed by atoms with Crippen LogP contribution >= 0.6 is 7.82 Å². The van der Waals surface area contributed by atoms with Gasteiger partial charge in [0.25, 0.3) is 5.69 Å². The molecule has 0 aromatic heterocycles. The van der Waals surface area contributed by atoms with E-state index in [1.807, 2.05) is 44.2 Å². The van der Waals surface area contributed by atoms with Crippen LogP contribution in [0.2, 0.25) is 0 Å². The van der Waals surface area contributed by atoms with Gasteiger partial charge < -0.3 is 9.79 Å². The molecular formula is C21H29N2O8PS. The molecule has 2 rings (SSSR count). The molecule has 12 heteroatoms. The maximum atomic E-state index is 13.3. The van der Waals surface area contributed by atoms with E-state index in [1.54, 1.807) is 6.92 Å². The molecule has 0 bridgehead atoms. The second-order valence-electron chi connectivity index (χ2n) is 8.27. The molecule has 0 unspecified atom stereocenters. The van der Waals surface area contributed by atoms with Crippen molar-refractivity contribution in [2.24, 2.45) is 11.8 Å². The Balaban J connectivity index is 2.37. The number of nitro benzene ring substituents is 1. The zero-order chi connectivity index (χ0) is 24.8. The van der Waals surface area contributed by atoms with Gasteiger partial charge in [0, 0.05) is 25.2 Å². The van der Waals surface area contributed by atoms with Crippen molar-refractivity contribution in [2.75, 3.05) is 13.1 Å². The number of hydrogen-bond donors (Lipinski definition) is 2. The molecule has 182 valence electrons. The van der Waals surface area contributed by atoms with E-state index in [2.05, 4.69) is 0 Å². The molecule has 0 saturated heterocycles. The fraction of sp³-hybridized carbons (Fsp3) is 0.429. The Labute approximate surface area is 193 Å². The van der Waals surface area contributed by atoms with E-state index in [9.17, 15) is 32.9 Å². The summed E-state index contributed by atoms with van der Waals surface area (Å²) < 4.78 is 44.5. The van der Waals surface area contributed by atoms with E-state index >= 15 is 0 Å². The van der Waals surface area contributed by atoms with Gasteiger partial charge in [-0.2, -0.15) is 4.31 Å². The normalized spacial score (nSPS) is 14.4. The number of phosphoric ester groups is 1. The smallest absolute Gasteiger partial charge is 0.303 e. The van der Waals surface area contributed by atoms with E-state index in [0.29, 0.717) is 6.42 Å². The molecule has 2 N–H and O–H groups in total. The summed E-state index contributed by atoms with van der Waals surface area (Å²) in [6, 6.07) is 13.7. The van der Waals surface area contributed by atoms with Crippen LogP contribution in [0.1, 0.15) is 26.3 Å². The molecule has 2 aromatic carbocycles. The highest BCUT2D eigenvalue weighted by molar-refractivity contribution is 7.89. The number of nitrogens with zero attached hydrogens (tertiary/aromatic N) is 2. The van der Waals surface area contributed by atoms with Crippen molar-refractivity contribution in [2.45, 2.75) is 38.2 Å². The van der Waals surface area contributed by atoms with Crippen LogP contribution in [0.5, 0.6) is 0 Å². The van der Waals surface area contributed by atoms with Gasteiger partial charge in [-0.25, -0.2) is 13.0 Å². The second kappa shape index (κ2) is 11.3. The van der Waals surface area contributed by atoms with Gasteiger partial charge in [-0.1, -0.05) is 51.1 Å². The Bertz CT molecular complexity index is 1070. The molecule has 0 fully saturated rings. The highest BCUT2D eigenvalue weighted by Gasteiger charge is 2.34. The molecule has 0 radical (unpaired) electrons. The minimum atomic E-state index is -4.91. The first-order valence-corrected chi connectivity index (χ1v) is 13.3. The molecule has 0 aliphatic rings. The summed E-state index contributed by atoms with van der Waals surface area (Å²) in [6.07, 6.45) is -0.684. The summed E-state index contributed by atoms with van der Waals surface area (Å²) in [5.41, 5.74) is 0.668. The van der Waals surface area contributed by atoms with E-state index in [4.69, 9.17) is 4.52 Å². The monoisotopic (exact) mass is 500 g/mol. The molecule has 0 spiro atoms. The maximum absolute atomic E-state index is 13.3. The van der Waals surface area contributed by atoms with Gasteiger partial charge in [0.2, 0.25) is 10.0 Å². The van der Waals surface area contributed by atoms with E-state index in [-0.39, 0.29) is 29.6 Å². The Kier molecular flexibility index (Phi) is 9.30. The van der Waals surface area contributed by atoms with Gasteiger partial charge in [0.1, 0.15) is 0 Å². The summed E-state index contributed by atoms with van der Waals surface area (Å²) in [7, 11) is -9.03. The minimum absolute atomic E-state index is 0.0679. The predicted molar refractivity (Wildman–Crippen MR) is 123 cm³/mol. The van der Waals surface area contributed by atoms with Crippen molar-refractivity contribution in [1.29, 1.82) is 0 Å². The van der Waals surface area contributed by atoms with Crippen molar-refractivity contribution >= 4 is 23.5 Å². The average molecular weight is 501 g/mol. The molecule has 0 amide bonds. The van der Waals surface area contributed by atoms with Crippen LogP contribution in [-0.4, -0.2) is 46.6 Å². The van der Waals surface area contributed by atoms with Gasteiger partial charge in [0.15, 0.2) is 0 Å². The maximum Gasteiger partial charge on any atom is 0.469 e. The average Bonchev–Trinajstić information content (AvgIpc) is 2.72. The highest BCUT2D eigenvalue weighted by Crippen LogP contribution is 2.40. The topological polar surface area (TPSA) is 147 Å². The first kappa shape index (κ1) is 27.1. The van der Waals surface area contributed by atoms with Crippen LogP contribution < -0.4 is 0 Å². The van der Waals surface area contributed by atoms with Crippen molar-refractivity contribution in [3.05, 3.63) is 70.3 Å². The molecule has 33 heavy (non-hydrogen) atoms. The summed E-state index contributed by atoms with van der Waals surface area (Å²) >= 11 is 0. The Morgan fingerprint density at radius 1 is 1.03 bits per heavy atom. The fourth-order valence-corrected chi connectivity index (χ4v) is 5.62. The first-order valence-electron chi connectivity index (χ1n) is 10.3. The van der Waals surface area contributed by atoms with E-state index in [1.165, 1.54) is 0 Å². The standard InChI is InChI=1S/C21H29N2O8PS/c1-16(2)14-22(33(29,30)20-11-9-19(10-12-20)23(24)25)15-21(31-32(26,27)28)17(3)13-18-7-5-4-6-8-18/h4-12,16-17,21H,13-15H2,1-3H3,(H2,26,27,28)/t17-,21+/m0/s1. The lowest BCUT2D eigenvalue weighted by molar-refractivity contribution is -0.384. The Morgan fingerprint density at radius 3 is 2.09 bits per heavy atom. The lowest BCUT2D eigenvalue weighted by atomic mass is 9.96. The number of non-ortho nitro benzene ring substituents is 1. The molecule has 2 atom stereocenters. The fourth-order valence-electron chi connectivity index (χ4n) is 3.38. The largest absolute Gasteiger partial charge is 0.469 e. The molecule has 2 aromatic rings. The predicted octanol–water partition coefficient (Wildman–Crippen LogP) is 3.60. The first-order chi connectivity index (χ1) is 15.3. The molecule has 0 aliphatic heterocycles. The zero-order valence-corrected chi connectivity index (χ0v) is 20.4. The third-order valence-corrected chi connectivity index (χ3v) is 7.34. The van der Waals surface area contributed by atoms with Crippen LogP contribution in [0, 0.1) is 22.0 Å². The van der Waals surface area contributed by atoms with Crippen molar-refractivity contribution < 1.29 is 32.2 Å². The highest BCUT2D eigenvalue weighted by atomic mass is 32.2. The van der Waals surface area contributed by atoms with Crippen LogP contribution in [0.15, 0.2) is 59.5 Å². The lowest BCUT2D eigenvalue weighted by Crippen LogP contribution is -2.43. The molecule has 0 saturated carbocycles. The van der Waals surface area contributed by atoms with Gasteiger partial charge >= 0.3 is 7.82 Å². The summed E-state index contributed by atoms with van der Waals surface area (Å²) in [6.45, 7) is 5.13. The van der Waals surface area contributed by atoms with E-state index < -0.39 is 34.8 Å². The third-order valence-electron chi connectivity index (χ3n) is 4.95. The Hall–Kier alpha value is -2.14. The quantitative estimate of drug-likeness (QED) is 0.255. The van der Waals surface area contributed by atoms with Crippen molar-refractivity contribution in [3.8, 4) is 0 Å². The number of phosphoric acid groups is 1. The number of nitro groups is 1. The molecule has 10 nitrogen and oxygen atoms in total. The third kappa shape index (κ3) is 8.29. The molecular weight excluding hydrogens is 471 g/mol. The van der Waals surface area contributed by atoms with Gasteiger partial charge in [0.05, 0.1) is 15.9 Å². The number of rotatable bonds is 12. The zero-order valence-electron chi connectivity index (χ0n) is 18.6. The molecule has 0 aliphatic carbocycles.